The van der Waals surface area contributed by atoms with E-state index in [1.807, 2.05) is 7.05 Å². The number of benzene rings is 1. The summed E-state index contributed by atoms with van der Waals surface area (Å²) >= 11 is 0. The molecule has 3 aliphatic rings. The van der Waals surface area contributed by atoms with Crippen molar-refractivity contribution >= 4 is 47.2 Å². The van der Waals surface area contributed by atoms with Gasteiger partial charge in [-0.05, 0) is 69.7 Å². The van der Waals surface area contributed by atoms with E-state index in [1.165, 1.54) is 17.1 Å². The van der Waals surface area contributed by atoms with Crippen LogP contribution in [0.2, 0.25) is 0 Å². The zero-order valence-electron chi connectivity index (χ0n) is 28.0. The number of primary amides is 1. The van der Waals surface area contributed by atoms with Crippen LogP contribution in [0.5, 0.6) is 0 Å². The molecule has 8 amide bonds. The van der Waals surface area contributed by atoms with Crippen LogP contribution in [-0.2, 0) is 28.8 Å². The summed E-state index contributed by atoms with van der Waals surface area (Å²) in [5.41, 5.74) is 5.03. The number of carbonyl (C=O) groups is 7. The summed E-state index contributed by atoms with van der Waals surface area (Å²) in [6.07, 6.45) is 7.82. The highest BCUT2D eigenvalue weighted by atomic mass is 16.2. The molecule has 0 spiro atoms. The first-order valence-corrected chi connectivity index (χ1v) is 16.9. The molecule has 0 bridgehead atoms. The normalized spacial score (nSPS) is 17.7. The Balaban J connectivity index is 1.28. The molecule has 4 rings (SSSR count). The lowest BCUT2D eigenvalue weighted by Gasteiger charge is -2.39. The minimum Gasteiger partial charge on any atom is -0.355 e. The molecule has 1 radical (unpaired) electrons. The minimum absolute atomic E-state index is 0.0723. The van der Waals surface area contributed by atoms with Crippen LogP contribution < -0.4 is 27.0 Å². The Kier molecular flexibility index (Phi) is 13.3. The third-order valence-corrected chi connectivity index (χ3v) is 9.19. The van der Waals surface area contributed by atoms with Gasteiger partial charge in [-0.1, -0.05) is 18.6 Å². The van der Waals surface area contributed by atoms with Gasteiger partial charge in [0.25, 0.3) is 11.8 Å². The first-order chi connectivity index (χ1) is 23.5. The molecular weight excluding hydrogens is 632 g/mol. The number of nitrogens with zero attached hydrogens (tertiary/aromatic N) is 3. The molecule has 15 nitrogen and oxygen atoms in total. The first-order valence-electron chi connectivity index (χ1n) is 16.9. The molecule has 1 atom stereocenters. The van der Waals surface area contributed by atoms with Gasteiger partial charge in [0, 0.05) is 63.7 Å². The molecule has 0 unspecified atom stereocenters. The number of rotatable bonds is 17. The molecule has 0 aromatic heterocycles. The van der Waals surface area contributed by atoms with Crippen LogP contribution in [0.4, 0.5) is 10.5 Å². The fourth-order valence-electron chi connectivity index (χ4n) is 5.92. The number of hydrogen-bond acceptors (Lipinski definition) is 8. The fourth-order valence-corrected chi connectivity index (χ4v) is 5.92. The molecule has 1 saturated carbocycles. The number of unbranched alkanes of at least 4 members (excludes halogenated alkanes) is 2. The van der Waals surface area contributed by atoms with Crippen LogP contribution in [0.25, 0.3) is 0 Å². The van der Waals surface area contributed by atoms with Crippen molar-refractivity contribution in [3.63, 3.8) is 0 Å². The number of nitrogens with two attached hydrogens (primary N) is 1. The number of likely N-dealkylation sites (N-methyl/N-ethyl adjacent to an activating group) is 1. The van der Waals surface area contributed by atoms with Gasteiger partial charge in [0.15, 0.2) is 0 Å². The fraction of sp³-hybridized carbons (Fsp3) is 0.529. The first kappa shape index (κ1) is 37.0. The van der Waals surface area contributed by atoms with Gasteiger partial charge in [-0.15, -0.1) is 0 Å². The van der Waals surface area contributed by atoms with Gasteiger partial charge in [0.2, 0.25) is 23.6 Å². The van der Waals surface area contributed by atoms with Crippen LogP contribution in [0.3, 0.4) is 0 Å². The quantitative estimate of drug-likeness (QED) is 0.0876. The summed E-state index contributed by atoms with van der Waals surface area (Å²) in [7, 11) is 2.02. The molecule has 49 heavy (non-hydrogen) atoms. The molecule has 2 aliphatic heterocycles. The average molecular weight is 680 g/mol. The molecule has 2 heterocycles. The maximum atomic E-state index is 13.6. The van der Waals surface area contributed by atoms with Crippen LogP contribution >= 0.6 is 0 Å². The highest BCUT2D eigenvalue weighted by Gasteiger charge is 2.51. The van der Waals surface area contributed by atoms with Crippen LogP contribution in [-0.4, -0.2) is 115 Å². The number of amides is 8. The standard InChI is InChI=1S/C34H47N8O7/c1-40-19-21-41(22-20-40)29(45)23-24-8-10-25(11-9-24)38-30(46)26(7-5-17-37-33(35)49)39-32(48)34(14-6-15-34)31(47)36-16-3-2-4-18-42-27(43)12-13-28(42)44/h8-13,23,26H,2-7,14-22H2,1H3,(H,36,47)(H,38,46)(H,39,48)(H3,35,37,49)/t26-/m0/s1. The lowest BCUT2D eigenvalue weighted by molar-refractivity contribution is -0.151. The third-order valence-electron chi connectivity index (χ3n) is 9.19. The van der Waals surface area contributed by atoms with E-state index < -0.39 is 35.2 Å². The number of hydrogen-bond donors (Lipinski definition) is 5. The Morgan fingerprint density at radius 1 is 0.857 bits per heavy atom. The summed E-state index contributed by atoms with van der Waals surface area (Å²) in [6, 6.07) is 5.10. The Morgan fingerprint density at radius 3 is 2.12 bits per heavy atom. The van der Waals surface area contributed by atoms with E-state index in [4.69, 9.17) is 5.73 Å². The maximum absolute atomic E-state index is 13.6. The van der Waals surface area contributed by atoms with Crippen molar-refractivity contribution in [2.75, 3.05) is 58.2 Å². The number of imide groups is 1. The van der Waals surface area contributed by atoms with E-state index in [9.17, 15) is 33.6 Å². The summed E-state index contributed by atoms with van der Waals surface area (Å²) in [6.45, 7) is 3.79. The number of urea groups is 1. The van der Waals surface area contributed by atoms with E-state index >= 15 is 0 Å². The van der Waals surface area contributed by atoms with Gasteiger partial charge in [-0.3, -0.25) is 33.7 Å². The van der Waals surface area contributed by atoms with Gasteiger partial charge >= 0.3 is 6.03 Å². The molecule has 1 aliphatic carbocycles. The van der Waals surface area contributed by atoms with Gasteiger partial charge in [0.1, 0.15) is 11.5 Å². The molecule has 1 aromatic carbocycles. The van der Waals surface area contributed by atoms with Crippen molar-refractivity contribution in [3.05, 3.63) is 48.4 Å². The van der Waals surface area contributed by atoms with Gasteiger partial charge in [0.05, 0.1) is 6.42 Å². The largest absolute Gasteiger partial charge is 0.355 e. The monoisotopic (exact) mass is 679 g/mol. The van der Waals surface area contributed by atoms with Gasteiger partial charge in [-0.2, -0.15) is 0 Å². The second kappa shape index (κ2) is 17.6. The summed E-state index contributed by atoms with van der Waals surface area (Å²) < 4.78 is 0. The lowest BCUT2D eigenvalue weighted by Crippen LogP contribution is -2.58. The van der Waals surface area contributed by atoms with E-state index in [-0.39, 0.29) is 30.7 Å². The van der Waals surface area contributed by atoms with E-state index in [0.717, 1.165) is 13.1 Å². The molecule has 1 saturated heterocycles. The Labute approximate surface area is 286 Å². The van der Waals surface area contributed by atoms with Crippen LogP contribution in [0.15, 0.2) is 36.4 Å². The van der Waals surface area contributed by atoms with E-state index in [1.54, 1.807) is 35.6 Å². The predicted molar refractivity (Wildman–Crippen MR) is 180 cm³/mol. The minimum atomic E-state index is -1.29. The summed E-state index contributed by atoms with van der Waals surface area (Å²) in [4.78, 5) is 92.6. The van der Waals surface area contributed by atoms with Crippen molar-refractivity contribution in [2.24, 2.45) is 11.1 Å². The Morgan fingerprint density at radius 2 is 1.51 bits per heavy atom. The number of nitrogens with one attached hydrogen (secondary N) is 4. The molecule has 2 fully saturated rings. The van der Waals surface area contributed by atoms with Gasteiger partial charge < -0.3 is 36.8 Å². The van der Waals surface area contributed by atoms with E-state index in [0.29, 0.717) is 82.4 Å². The zero-order chi connectivity index (χ0) is 35.4. The highest BCUT2D eigenvalue weighted by Crippen LogP contribution is 2.41. The van der Waals surface area contributed by atoms with Crippen LogP contribution in [0, 0.1) is 11.8 Å². The third kappa shape index (κ3) is 10.3. The van der Waals surface area contributed by atoms with Crippen LogP contribution in [0.1, 0.15) is 56.9 Å². The summed E-state index contributed by atoms with van der Waals surface area (Å²) in [5, 5.41) is 10.9. The maximum Gasteiger partial charge on any atom is 0.312 e. The van der Waals surface area contributed by atoms with Crippen molar-refractivity contribution in [2.45, 2.75) is 57.4 Å². The van der Waals surface area contributed by atoms with Crippen molar-refractivity contribution in [1.82, 2.24) is 30.7 Å². The number of piperazine rings is 1. The Hall–Kier alpha value is -4.79. The Bertz CT molecular complexity index is 1400. The van der Waals surface area contributed by atoms with Gasteiger partial charge in [-0.25, -0.2) is 4.79 Å². The van der Waals surface area contributed by atoms with Crippen molar-refractivity contribution in [1.29, 1.82) is 0 Å². The average Bonchev–Trinajstić information content (AvgIpc) is 3.37. The highest BCUT2D eigenvalue weighted by molar-refractivity contribution is 6.12. The molecule has 6 N–H and O–H groups in total. The lowest BCUT2D eigenvalue weighted by atomic mass is 9.67. The number of anilines is 1. The predicted octanol–water partition coefficient (Wildman–Crippen LogP) is 0.267. The zero-order valence-corrected chi connectivity index (χ0v) is 28.0. The topological polar surface area (TPSA) is 203 Å². The van der Waals surface area contributed by atoms with E-state index in [2.05, 4.69) is 26.2 Å². The second-order valence-corrected chi connectivity index (χ2v) is 12.8. The molecule has 1 aromatic rings. The molecule has 15 heteroatoms. The van der Waals surface area contributed by atoms with Crippen molar-refractivity contribution in [3.8, 4) is 0 Å². The smallest absolute Gasteiger partial charge is 0.312 e. The summed E-state index contributed by atoms with van der Waals surface area (Å²) in [5.74, 6) is -2.15. The molecular formula is C34H47N8O7. The second-order valence-electron chi connectivity index (χ2n) is 12.8. The van der Waals surface area contributed by atoms with Crippen molar-refractivity contribution < 1.29 is 33.6 Å². The molecule has 265 valence electrons. The number of carbonyl (C=O) groups excluding carboxylic acids is 7. The SMILES string of the molecule is CN1CCN(C(=O)[CH]c2ccc(NC(=O)[C@H](CCCNC(N)=O)NC(=O)C3(C(=O)NCCCCCN4C(=O)C=CC4=O)CCC3)cc2)CC1.